The van der Waals surface area contributed by atoms with Crippen LogP contribution in [-0.4, -0.2) is 10.8 Å². The highest BCUT2D eigenvalue weighted by Gasteiger charge is 2.10. The van der Waals surface area contributed by atoms with E-state index in [-0.39, 0.29) is 0 Å². The summed E-state index contributed by atoms with van der Waals surface area (Å²) in [6, 6.07) is 0. The van der Waals surface area contributed by atoms with Crippen molar-refractivity contribution in [3.05, 3.63) is 0 Å². The summed E-state index contributed by atoms with van der Waals surface area (Å²) >= 11 is 0. The summed E-state index contributed by atoms with van der Waals surface area (Å²) in [7, 11) is 0. The van der Waals surface area contributed by atoms with Gasteiger partial charge in [0.2, 0.25) is 0 Å². The standard InChI is InChI=1S/C8H19NO/c1-3-4-5-6-7-8(2,9)10/h10H,3-7,9H2,1-2H3. The van der Waals surface area contributed by atoms with Crippen LogP contribution in [0.4, 0.5) is 0 Å². The van der Waals surface area contributed by atoms with Gasteiger partial charge in [0.15, 0.2) is 0 Å². The van der Waals surface area contributed by atoms with Gasteiger partial charge in [0.05, 0.1) is 0 Å². The Kier molecular flexibility index (Phi) is 4.65. The maximum atomic E-state index is 9.09. The van der Waals surface area contributed by atoms with Gasteiger partial charge in [0.25, 0.3) is 0 Å². The molecule has 0 aromatic rings. The molecule has 1 unspecified atom stereocenters. The van der Waals surface area contributed by atoms with Gasteiger partial charge in [-0.2, -0.15) is 0 Å². The second kappa shape index (κ2) is 4.69. The molecule has 0 aliphatic heterocycles. The van der Waals surface area contributed by atoms with Gasteiger partial charge in [0, 0.05) is 0 Å². The van der Waals surface area contributed by atoms with Crippen molar-refractivity contribution < 1.29 is 5.11 Å². The Labute approximate surface area is 63.4 Å². The van der Waals surface area contributed by atoms with Crippen LogP contribution in [0.3, 0.4) is 0 Å². The number of nitrogens with two attached hydrogens (primary N) is 1. The van der Waals surface area contributed by atoms with Crippen LogP contribution in [0.15, 0.2) is 0 Å². The molecule has 0 aromatic carbocycles. The first kappa shape index (κ1) is 9.92. The van der Waals surface area contributed by atoms with Crippen LogP contribution in [0.25, 0.3) is 0 Å². The Morgan fingerprint density at radius 1 is 1.30 bits per heavy atom. The lowest BCUT2D eigenvalue weighted by molar-refractivity contribution is 0.0551. The number of hydrogen-bond donors (Lipinski definition) is 2. The van der Waals surface area contributed by atoms with E-state index in [0.29, 0.717) is 6.42 Å². The summed E-state index contributed by atoms with van der Waals surface area (Å²) in [5, 5.41) is 9.09. The van der Waals surface area contributed by atoms with E-state index in [1.807, 2.05) is 0 Å². The van der Waals surface area contributed by atoms with Gasteiger partial charge in [-0.15, -0.1) is 0 Å². The second-order valence-corrected chi connectivity index (χ2v) is 3.17. The van der Waals surface area contributed by atoms with Gasteiger partial charge in [-0.25, -0.2) is 0 Å². The third-order valence-electron chi connectivity index (χ3n) is 1.54. The van der Waals surface area contributed by atoms with Crippen molar-refractivity contribution in [2.45, 2.75) is 51.7 Å². The van der Waals surface area contributed by atoms with Gasteiger partial charge >= 0.3 is 0 Å². The fourth-order valence-electron chi connectivity index (χ4n) is 0.910. The third-order valence-corrected chi connectivity index (χ3v) is 1.54. The van der Waals surface area contributed by atoms with Gasteiger partial charge in [-0.05, 0) is 19.8 Å². The van der Waals surface area contributed by atoms with Crippen LogP contribution in [-0.2, 0) is 0 Å². The molecule has 0 aliphatic carbocycles. The molecule has 2 heteroatoms. The summed E-state index contributed by atoms with van der Waals surface area (Å²) < 4.78 is 0. The predicted molar refractivity (Wildman–Crippen MR) is 43.6 cm³/mol. The van der Waals surface area contributed by atoms with Crippen molar-refractivity contribution in [2.24, 2.45) is 5.73 Å². The molecule has 0 radical (unpaired) electrons. The quantitative estimate of drug-likeness (QED) is 0.456. The van der Waals surface area contributed by atoms with Gasteiger partial charge < -0.3 is 10.8 Å². The van der Waals surface area contributed by atoms with Crippen LogP contribution in [0.1, 0.15) is 46.0 Å². The van der Waals surface area contributed by atoms with E-state index in [4.69, 9.17) is 10.8 Å². The van der Waals surface area contributed by atoms with E-state index in [2.05, 4.69) is 6.92 Å². The molecule has 1 atom stereocenters. The number of hydrogen-bond acceptors (Lipinski definition) is 2. The normalized spacial score (nSPS) is 16.8. The molecule has 2 nitrogen and oxygen atoms in total. The van der Waals surface area contributed by atoms with Gasteiger partial charge in [-0.1, -0.05) is 26.2 Å². The molecule has 10 heavy (non-hydrogen) atoms. The molecule has 0 saturated carbocycles. The molecule has 3 N–H and O–H groups in total. The Morgan fingerprint density at radius 3 is 2.30 bits per heavy atom. The van der Waals surface area contributed by atoms with Crippen molar-refractivity contribution in [2.75, 3.05) is 0 Å². The maximum Gasteiger partial charge on any atom is 0.110 e. The summed E-state index contributed by atoms with van der Waals surface area (Å²) in [4.78, 5) is 0. The Balaban J connectivity index is 3.04. The zero-order chi connectivity index (χ0) is 8.04. The van der Waals surface area contributed by atoms with Crippen molar-refractivity contribution in [3.8, 4) is 0 Å². The van der Waals surface area contributed by atoms with E-state index in [9.17, 15) is 0 Å². The monoisotopic (exact) mass is 145 g/mol. The van der Waals surface area contributed by atoms with E-state index in [0.717, 1.165) is 6.42 Å². The summed E-state index contributed by atoms with van der Waals surface area (Å²) in [6.45, 7) is 3.82. The molecule has 0 aliphatic rings. The molecule has 0 heterocycles. The molecule has 62 valence electrons. The predicted octanol–water partition coefficient (Wildman–Crippen LogP) is 1.62. The Morgan fingerprint density at radius 2 is 1.90 bits per heavy atom. The minimum absolute atomic E-state index is 0.715. The lowest BCUT2D eigenvalue weighted by atomic mass is 10.1. The van der Waals surface area contributed by atoms with Crippen LogP contribution < -0.4 is 5.73 Å². The van der Waals surface area contributed by atoms with Crippen molar-refractivity contribution >= 4 is 0 Å². The van der Waals surface area contributed by atoms with E-state index in [1.165, 1.54) is 19.3 Å². The van der Waals surface area contributed by atoms with Crippen molar-refractivity contribution in [3.63, 3.8) is 0 Å². The fraction of sp³-hybridized carbons (Fsp3) is 1.00. The van der Waals surface area contributed by atoms with Crippen molar-refractivity contribution in [1.82, 2.24) is 0 Å². The number of rotatable bonds is 5. The highest BCUT2D eigenvalue weighted by Crippen LogP contribution is 2.08. The third kappa shape index (κ3) is 7.92. The molecule has 0 saturated heterocycles. The first-order valence-electron chi connectivity index (χ1n) is 4.07. The largest absolute Gasteiger partial charge is 0.376 e. The van der Waals surface area contributed by atoms with Gasteiger partial charge in [0.1, 0.15) is 5.72 Å². The molecule has 0 aromatic heterocycles. The minimum Gasteiger partial charge on any atom is -0.376 e. The molecular weight excluding hydrogens is 126 g/mol. The van der Waals surface area contributed by atoms with E-state index in [1.54, 1.807) is 6.92 Å². The summed E-state index contributed by atoms with van der Waals surface area (Å²) in [6.07, 6.45) is 5.41. The highest BCUT2D eigenvalue weighted by molar-refractivity contribution is 4.61. The Hall–Kier alpha value is -0.0800. The van der Waals surface area contributed by atoms with Crippen LogP contribution in [0.2, 0.25) is 0 Å². The van der Waals surface area contributed by atoms with Gasteiger partial charge in [-0.3, -0.25) is 0 Å². The molecule has 0 amide bonds. The first-order valence-corrected chi connectivity index (χ1v) is 4.07. The van der Waals surface area contributed by atoms with Crippen LogP contribution >= 0.6 is 0 Å². The maximum absolute atomic E-state index is 9.09. The van der Waals surface area contributed by atoms with Crippen molar-refractivity contribution in [1.29, 1.82) is 0 Å². The van der Waals surface area contributed by atoms with Crippen LogP contribution in [0, 0.1) is 0 Å². The van der Waals surface area contributed by atoms with E-state index >= 15 is 0 Å². The summed E-state index contributed by atoms with van der Waals surface area (Å²) in [5.74, 6) is 0. The zero-order valence-corrected chi connectivity index (χ0v) is 7.06. The lowest BCUT2D eigenvalue weighted by Gasteiger charge is -2.16. The molecule has 0 rings (SSSR count). The zero-order valence-electron chi connectivity index (χ0n) is 7.06. The fourth-order valence-corrected chi connectivity index (χ4v) is 0.910. The second-order valence-electron chi connectivity index (χ2n) is 3.17. The van der Waals surface area contributed by atoms with Crippen LogP contribution in [0.5, 0.6) is 0 Å². The first-order chi connectivity index (χ1) is 4.56. The minimum atomic E-state index is -0.951. The number of unbranched alkanes of at least 4 members (excludes halogenated alkanes) is 3. The molecular formula is C8H19NO. The topological polar surface area (TPSA) is 46.2 Å². The SMILES string of the molecule is CCCCCCC(C)(N)O. The number of aliphatic hydroxyl groups is 1. The lowest BCUT2D eigenvalue weighted by Crippen LogP contribution is -2.35. The van der Waals surface area contributed by atoms with E-state index < -0.39 is 5.72 Å². The highest BCUT2D eigenvalue weighted by atomic mass is 16.3. The average molecular weight is 145 g/mol. The molecule has 0 bridgehead atoms. The smallest absolute Gasteiger partial charge is 0.110 e. The Bertz CT molecular complexity index is 75.8. The average Bonchev–Trinajstić information content (AvgIpc) is 1.78. The molecule has 0 fully saturated rings. The molecule has 0 spiro atoms. The summed E-state index contributed by atoms with van der Waals surface area (Å²) in [5.41, 5.74) is 4.42.